The first-order valence-electron chi connectivity index (χ1n) is 3.98. The summed E-state index contributed by atoms with van der Waals surface area (Å²) in [6.45, 7) is 0. The molecule has 0 saturated carbocycles. The standard InChI is InChI=1S/C9H7FN2.CO2/c10-6-1-2-7-8(11)3-4-12-9(7)5-6;2-1-3/h1-5H,(H2,11,12);. The van der Waals surface area contributed by atoms with Crippen LogP contribution in [0.15, 0.2) is 30.5 Å². The lowest BCUT2D eigenvalue weighted by atomic mass is 10.2. The quantitative estimate of drug-likeness (QED) is 0.706. The zero-order valence-corrected chi connectivity index (χ0v) is 7.61. The first-order valence-corrected chi connectivity index (χ1v) is 3.98. The van der Waals surface area contributed by atoms with Crippen molar-refractivity contribution in [1.82, 2.24) is 4.98 Å². The second-order valence-electron chi connectivity index (χ2n) is 2.64. The van der Waals surface area contributed by atoms with Gasteiger partial charge in [-0.05, 0) is 18.2 Å². The molecular formula is C10H7FN2O2. The van der Waals surface area contributed by atoms with Crippen LogP contribution in [0, 0.1) is 5.82 Å². The molecule has 0 radical (unpaired) electrons. The van der Waals surface area contributed by atoms with Crippen molar-refractivity contribution in [2.45, 2.75) is 0 Å². The van der Waals surface area contributed by atoms with Crippen LogP contribution >= 0.6 is 0 Å². The molecule has 76 valence electrons. The van der Waals surface area contributed by atoms with Gasteiger partial charge in [-0.1, -0.05) is 0 Å². The van der Waals surface area contributed by atoms with Crippen molar-refractivity contribution >= 4 is 22.7 Å². The van der Waals surface area contributed by atoms with Crippen LogP contribution in [0.4, 0.5) is 10.1 Å². The largest absolute Gasteiger partial charge is 0.398 e. The molecule has 1 heterocycles. The molecule has 1 aromatic heterocycles. The van der Waals surface area contributed by atoms with Crippen LogP contribution in [-0.2, 0) is 9.59 Å². The molecule has 2 aromatic rings. The molecule has 15 heavy (non-hydrogen) atoms. The summed E-state index contributed by atoms with van der Waals surface area (Å²) >= 11 is 0. The number of halogens is 1. The number of fused-ring (bicyclic) bond motifs is 1. The number of carbonyl (C=O) groups excluding carboxylic acids is 2. The van der Waals surface area contributed by atoms with Gasteiger partial charge in [0.15, 0.2) is 0 Å². The van der Waals surface area contributed by atoms with Gasteiger partial charge in [-0.25, -0.2) is 4.39 Å². The SMILES string of the molecule is Nc1ccnc2cc(F)ccc12.O=C=O. The van der Waals surface area contributed by atoms with Crippen molar-refractivity contribution < 1.29 is 14.0 Å². The van der Waals surface area contributed by atoms with E-state index in [9.17, 15) is 4.39 Å². The number of aromatic nitrogens is 1. The van der Waals surface area contributed by atoms with Gasteiger partial charge < -0.3 is 5.73 Å². The van der Waals surface area contributed by atoms with Gasteiger partial charge in [-0.3, -0.25) is 4.98 Å². The van der Waals surface area contributed by atoms with Crippen LogP contribution in [-0.4, -0.2) is 11.1 Å². The van der Waals surface area contributed by atoms with Crippen molar-refractivity contribution in [1.29, 1.82) is 0 Å². The minimum Gasteiger partial charge on any atom is -0.398 e. The number of nitrogens with two attached hydrogens (primary N) is 1. The molecule has 5 heteroatoms. The smallest absolute Gasteiger partial charge is 0.373 e. The van der Waals surface area contributed by atoms with E-state index in [1.807, 2.05) is 0 Å². The van der Waals surface area contributed by atoms with Crippen molar-refractivity contribution in [3.63, 3.8) is 0 Å². The van der Waals surface area contributed by atoms with Crippen molar-refractivity contribution in [3.8, 4) is 0 Å². The minimum absolute atomic E-state index is 0.250. The zero-order chi connectivity index (χ0) is 11.3. The number of anilines is 1. The first kappa shape index (κ1) is 10.8. The molecule has 0 unspecified atom stereocenters. The lowest BCUT2D eigenvalue weighted by Crippen LogP contribution is -1.88. The normalized spacial score (nSPS) is 8.87. The highest BCUT2D eigenvalue weighted by Gasteiger charge is 1.98. The third-order valence-corrected chi connectivity index (χ3v) is 1.74. The Balaban J connectivity index is 0.000000337. The number of hydrogen-bond donors (Lipinski definition) is 1. The Kier molecular flexibility index (Phi) is 3.49. The third kappa shape index (κ3) is 2.59. The van der Waals surface area contributed by atoms with Gasteiger partial charge in [0.25, 0.3) is 0 Å². The van der Waals surface area contributed by atoms with Crippen molar-refractivity contribution in [2.24, 2.45) is 0 Å². The van der Waals surface area contributed by atoms with E-state index in [-0.39, 0.29) is 12.0 Å². The molecule has 0 amide bonds. The third-order valence-electron chi connectivity index (χ3n) is 1.74. The Hall–Kier alpha value is -2.26. The summed E-state index contributed by atoms with van der Waals surface area (Å²) in [4.78, 5) is 20.2. The van der Waals surface area contributed by atoms with E-state index in [0.717, 1.165) is 5.39 Å². The summed E-state index contributed by atoms with van der Waals surface area (Å²) in [6, 6.07) is 6.07. The second-order valence-corrected chi connectivity index (χ2v) is 2.64. The molecule has 0 saturated heterocycles. The van der Waals surface area contributed by atoms with Gasteiger partial charge in [0.1, 0.15) is 5.82 Å². The number of nitrogens with zero attached hydrogens (tertiary/aromatic N) is 1. The molecule has 0 aliphatic rings. The first-order chi connectivity index (χ1) is 7.19. The molecule has 0 atom stereocenters. The average Bonchev–Trinajstić information content (AvgIpc) is 2.19. The summed E-state index contributed by atoms with van der Waals surface area (Å²) in [5.74, 6) is -0.291. The minimum atomic E-state index is -0.291. The predicted octanol–water partition coefficient (Wildman–Crippen LogP) is 1.37. The van der Waals surface area contributed by atoms with E-state index in [2.05, 4.69) is 4.98 Å². The van der Waals surface area contributed by atoms with E-state index in [4.69, 9.17) is 15.3 Å². The summed E-state index contributed by atoms with van der Waals surface area (Å²) in [6.07, 6.45) is 1.82. The number of benzene rings is 1. The summed E-state index contributed by atoms with van der Waals surface area (Å²) in [7, 11) is 0. The van der Waals surface area contributed by atoms with Crippen LogP contribution in [0.3, 0.4) is 0 Å². The molecule has 0 aliphatic carbocycles. The van der Waals surface area contributed by atoms with Crippen LogP contribution in [0.2, 0.25) is 0 Å². The molecule has 2 N–H and O–H groups in total. The van der Waals surface area contributed by atoms with Crippen LogP contribution in [0.5, 0.6) is 0 Å². The predicted molar refractivity (Wildman–Crippen MR) is 51.1 cm³/mol. The van der Waals surface area contributed by atoms with Crippen LogP contribution < -0.4 is 5.73 Å². The molecule has 1 aromatic carbocycles. The summed E-state index contributed by atoms with van der Waals surface area (Å²) in [5.41, 5.74) is 6.86. The number of rotatable bonds is 0. The Morgan fingerprint density at radius 2 is 1.93 bits per heavy atom. The highest BCUT2D eigenvalue weighted by atomic mass is 19.1. The van der Waals surface area contributed by atoms with Crippen LogP contribution in [0.1, 0.15) is 0 Å². The van der Waals surface area contributed by atoms with Crippen molar-refractivity contribution in [3.05, 3.63) is 36.3 Å². The van der Waals surface area contributed by atoms with Gasteiger partial charge in [-0.2, -0.15) is 9.59 Å². The monoisotopic (exact) mass is 206 g/mol. The molecular weight excluding hydrogens is 199 g/mol. The molecule has 0 aliphatic heterocycles. The Bertz CT molecular complexity index is 508. The van der Waals surface area contributed by atoms with Gasteiger partial charge >= 0.3 is 6.15 Å². The highest BCUT2D eigenvalue weighted by molar-refractivity contribution is 5.89. The van der Waals surface area contributed by atoms with Gasteiger partial charge in [0.2, 0.25) is 0 Å². The fourth-order valence-electron chi connectivity index (χ4n) is 1.14. The van der Waals surface area contributed by atoms with E-state index in [1.165, 1.54) is 12.1 Å². The maximum atomic E-state index is 12.7. The Morgan fingerprint density at radius 1 is 1.27 bits per heavy atom. The molecule has 4 nitrogen and oxygen atoms in total. The molecule has 0 spiro atoms. The lowest BCUT2D eigenvalue weighted by Gasteiger charge is -1.99. The number of pyridine rings is 1. The van der Waals surface area contributed by atoms with Gasteiger partial charge in [-0.15, -0.1) is 0 Å². The molecule has 0 fully saturated rings. The Labute approximate surface area is 84.5 Å². The van der Waals surface area contributed by atoms with Crippen LogP contribution in [0.25, 0.3) is 10.9 Å². The highest BCUT2D eigenvalue weighted by Crippen LogP contribution is 2.18. The zero-order valence-electron chi connectivity index (χ0n) is 7.61. The number of hydrogen-bond acceptors (Lipinski definition) is 4. The summed E-state index contributed by atoms with van der Waals surface area (Å²) < 4.78 is 12.7. The lowest BCUT2D eigenvalue weighted by molar-refractivity contribution is -0.191. The van der Waals surface area contributed by atoms with Crippen molar-refractivity contribution in [2.75, 3.05) is 5.73 Å². The topological polar surface area (TPSA) is 73.0 Å². The Morgan fingerprint density at radius 3 is 2.60 bits per heavy atom. The maximum Gasteiger partial charge on any atom is 0.373 e. The average molecular weight is 206 g/mol. The van der Waals surface area contributed by atoms with E-state index in [0.29, 0.717) is 11.2 Å². The molecule has 0 bridgehead atoms. The molecule has 2 rings (SSSR count). The van der Waals surface area contributed by atoms with Gasteiger partial charge in [0.05, 0.1) is 5.52 Å². The van der Waals surface area contributed by atoms with E-state index < -0.39 is 0 Å². The van der Waals surface area contributed by atoms with E-state index in [1.54, 1.807) is 18.3 Å². The number of nitrogen functional groups attached to an aromatic ring is 1. The summed E-state index contributed by atoms with van der Waals surface area (Å²) in [5, 5.41) is 0.791. The van der Waals surface area contributed by atoms with E-state index >= 15 is 0 Å². The van der Waals surface area contributed by atoms with Gasteiger partial charge in [0, 0.05) is 23.3 Å². The fourth-order valence-corrected chi connectivity index (χ4v) is 1.14. The maximum absolute atomic E-state index is 12.7. The second kappa shape index (κ2) is 4.83. The fraction of sp³-hybridized carbons (Fsp3) is 0.